The number of thiophene rings is 1. The van der Waals surface area contributed by atoms with Gasteiger partial charge in [0.15, 0.2) is 0 Å². The molecule has 156 valence electrons. The number of aryl methyl sites for hydroxylation is 1. The lowest BCUT2D eigenvalue weighted by atomic mass is 10.1. The minimum atomic E-state index is -0.258. The van der Waals surface area contributed by atoms with Crippen LogP contribution in [0.3, 0.4) is 0 Å². The first-order valence-corrected chi connectivity index (χ1v) is 11.5. The van der Waals surface area contributed by atoms with Crippen LogP contribution in [0.5, 0.6) is 0 Å². The van der Waals surface area contributed by atoms with Crippen LogP contribution >= 0.6 is 23.1 Å². The smallest absolute Gasteiger partial charge is 0.277 e. The van der Waals surface area contributed by atoms with Gasteiger partial charge in [0.1, 0.15) is 11.8 Å². The van der Waals surface area contributed by atoms with E-state index in [1.165, 1.54) is 16.8 Å². The Morgan fingerprint density at radius 2 is 2.06 bits per heavy atom. The molecular formula is C22H18N4O3S2. The van der Waals surface area contributed by atoms with E-state index in [1.54, 1.807) is 17.6 Å². The van der Waals surface area contributed by atoms with Gasteiger partial charge in [-0.2, -0.15) is 5.10 Å². The largest absolute Gasteiger partial charge is 0.467 e. The number of carbonyl (C=O) groups excluding carboxylic acids is 1. The Bertz CT molecular complexity index is 1200. The van der Waals surface area contributed by atoms with Gasteiger partial charge in [-0.3, -0.25) is 4.79 Å². The van der Waals surface area contributed by atoms with Crippen LogP contribution < -0.4 is 0 Å². The molecule has 0 saturated carbocycles. The second kappa shape index (κ2) is 8.52. The summed E-state index contributed by atoms with van der Waals surface area (Å²) in [6.45, 7) is 2.02. The van der Waals surface area contributed by atoms with E-state index in [0.717, 1.165) is 21.7 Å². The van der Waals surface area contributed by atoms with Gasteiger partial charge >= 0.3 is 0 Å². The molecule has 31 heavy (non-hydrogen) atoms. The molecule has 7 nitrogen and oxygen atoms in total. The average Bonchev–Trinajstić information content (AvgIpc) is 3.58. The Kier molecular flexibility index (Phi) is 5.44. The summed E-state index contributed by atoms with van der Waals surface area (Å²) < 4.78 is 11.3. The number of hydrogen-bond acceptors (Lipinski definition) is 8. The van der Waals surface area contributed by atoms with Crippen molar-refractivity contribution >= 4 is 34.7 Å². The van der Waals surface area contributed by atoms with Crippen LogP contribution in [0.1, 0.15) is 28.7 Å². The molecule has 0 radical (unpaired) electrons. The molecule has 1 aliphatic heterocycles. The second-order valence-corrected chi connectivity index (χ2v) is 8.90. The van der Waals surface area contributed by atoms with Gasteiger partial charge in [-0.15, -0.1) is 21.5 Å². The lowest BCUT2D eigenvalue weighted by Crippen LogP contribution is -2.28. The number of amides is 1. The monoisotopic (exact) mass is 450 g/mol. The molecule has 1 aliphatic rings. The quantitative estimate of drug-likeness (QED) is 0.377. The summed E-state index contributed by atoms with van der Waals surface area (Å²) in [5, 5.41) is 16.6. The molecule has 4 heterocycles. The van der Waals surface area contributed by atoms with E-state index in [1.807, 2.05) is 60.8 Å². The molecule has 0 unspecified atom stereocenters. The van der Waals surface area contributed by atoms with Crippen molar-refractivity contribution in [2.45, 2.75) is 24.6 Å². The van der Waals surface area contributed by atoms with Gasteiger partial charge < -0.3 is 8.83 Å². The minimum absolute atomic E-state index is 0.133. The normalized spacial score (nSPS) is 16.0. The van der Waals surface area contributed by atoms with E-state index in [0.29, 0.717) is 23.3 Å². The average molecular weight is 451 g/mol. The Labute approximate surface area is 186 Å². The highest BCUT2D eigenvalue weighted by molar-refractivity contribution is 7.99. The van der Waals surface area contributed by atoms with Gasteiger partial charge in [0.05, 0.1) is 22.6 Å². The van der Waals surface area contributed by atoms with Crippen LogP contribution in [0.2, 0.25) is 0 Å². The van der Waals surface area contributed by atoms with Crippen molar-refractivity contribution in [3.8, 4) is 11.5 Å². The highest BCUT2D eigenvalue weighted by atomic mass is 32.2. The Hall–Kier alpha value is -3.17. The summed E-state index contributed by atoms with van der Waals surface area (Å²) in [5.41, 5.74) is 2.88. The molecule has 1 atom stereocenters. The molecule has 3 aromatic heterocycles. The standard InChI is InChI=1S/C22H18N4O3S2/c1-14-6-8-15(9-7-14)21-23-24-22(29-21)31-13-20(27)26-17(18-4-2-10-28-18)12-16(25-26)19-5-3-11-30-19/h2-11,17H,12-13H2,1H3/t17-/m1/s1. The maximum absolute atomic E-state index is 13.0. The van der Waals surface area contributed by atoms with E-state index in [9.17, 15) is 4.79 Å². The van der Waals surface area contributed by atoms with Gasteiger partial charge in [-0.05, 0) is 42.6 Å². The molecule has 0 spiro atoms. The van der Waals surface area contributed by atoms with Crippen molar-refractivity contribution in [3.63, 3.8) is 0 Å². The molecule has 4 aromatic rings. The van der Waals surface area contributed by atoms with E-state index in [2.05, 4.69) is 15.3 Å². The van der Waals surface area contributed by atoms with E-state index < -0.39 is 0 Å². The zero-order chi connectivity index (χ0) is 21.2. The molecule has 0 bridgehead atoms. The second-order valence-electron chi connectivity index (χ2n) is 7.03. The number of furan rings is 1. The first-order valence-electron chi connectivity index (χ1n) is 9.67. The molecule has 9 heteroatoms. The highest BCUT2D eigenvalue weighted by Gasteiger charge is 2.35. The van der Waals surface area contributed by atoms with Gasteiger partial charge in [0, 0.05) is 12.0 Å². The fourth-order valence-corrected chi connectivity index (χ4v) is 4.64. The molecule has 0 aliphatic carbocycles. The number of carbonyl (C=O) groups is 1. The van der Waals surface area contributed by atoms with Crippen LogP contribution in [-0.4, -0.2) is 32.6 Å². The first kappa shape index (κ1) is 19.8. The van der Waals surface area contributed by atoms with Crippen molar-refractivity contribution in [2.24, 2.45) is 5.10 Å². The maximum atomic E-state index is 13.0. The number of nitrogens with zero attached hydrogens (tertiary/aromatic N) is 4. The lowest BCUT2D eigenvalue weighted by Gasteiger charge is -2.19. The van der Waals surface area contributed by atoms with Crippen molar-refractivity contribution in [1.82, 2.24) is 15.2 Å². The highest BCUT2D eigenvalue weighted by Crippen LogP contribution is 2.35. The molecule has 1 aromatic carbocycles. The number of hydrazone groups is 1. The fourth-order valence-electron chi connectivity index (χ4n) is 3.30. The van der Waals surface area contributed by atoms with Crippen LogP contribution in [0.4, 0.5) is 0 Å². The SMILES string of the molecule is Cc1ccc(-c2nnc(SCC(=O)N3N=C(c4cccs4)C[C@@H]3c3ccco3)o2)cc1. The van der Waals surface area contributed by atoms with Crippen LogP contribution in [0, 0.1) is 6.92 Å². The Morgan fingerprint density at radius 3 is 2.81 bits per heavy atom. The van der Waals surface area contributed by atoms with Crippen molar-refractivity contribution in [1.29, 1.82) is 0 Å². The summed E-state index contributed by atoms with van der Waals surface area (Å²) in [6.07, 6.45) is 2.23. The van der Waals surface area contributed by atoms with Gasteiger partial charge in [-0.25, -0.2) is 5.01 Å². The minimum Gasteiger partial charge on any atom is -0.467 e. The molecule has 0 saturated heterocycles. The number of aromatic nitrogens is 2. The maximum Gasteiger partial charge on any atom is 0.277 e. The number of rotatable bonds is 6. The summed E-state index contributed by atoms with van der Waals surface area (Å²) in [6, 6.07) is 15.3. The number of thioether (sulfide) groups is 1. The van der Waals surface area contributed by atoms with Crippen molar-refractivity contribution < 1.29 is 13.6 Å². The summed E-state index contributed by atoms with van der Waals surface area (Å²) in [4.78, 5) is 14.1. The van der Waals surface area contributed by atoms with E-state index >= 15 is 0 Å². The first-order chi connectivity index (χ1) is 15.2. The molecular weight excluding hydrogens is 432 g/mol. The summed E-state index contributed by atoms with van der Waals surface area (Å²) in [5.74, 6) is 1.14. The Morgan fingerprint density at radius 1 is 1.19 bits per heavy atom. The Balaban J connectivity index is 1.30. The van der Waals surface area contributed by atoms with Gasteiger partial charge in [0.25, 0.3) is 11.1 Å². The zero-order valence-corrected chi connectivity index (χ0v) is 18.2. The number of hydrogen-bond donors (Lipinski definition) is 0. The predicted octanol–water partition coefficient (Wildman–Crippen LogP) is 5.17. The fraction of sp³-hybridized carbons (Fsp3) is 0.182. The molecule has 1 amide bonds. The third-order valence-electron chi connectivity index (χ3n) is 4.87. The third kappa shape index (κ3) is 4.19. The molecule has 5 rings (SSSR count). The van der Waals surface area contributed by atoms with Gasteiger partial charge in [0.2, 0.25) is 5.89 Å². The van der Waals surface area contributed by atoms with Gasteiger partial charge in [-0.1, -0.05) is 35.5 Å². The third-order valence-corrected chi connectivity index (χ3v) is 6.59. The summed E-state index contributed by atoms with van der Waals surface area (Å²) >= 11 is 2.81. The van der Waals surface area contributed by atoms with Crippen LogP contribution in [0.15, 0.2) is 79.3 Å². The van der Waals surface area contributed by atoms with E-state index in [-0.39, 0.29) is 17.7 Å². The van der Waals surface area contributed by atoms with Crippen LogP contribution in [-0.2, 0) is 4.79 Å². The summed E-state index contributed by atoms with van der Waals surface area (Å²) in [7, 11) is 0. The van der Waals surface area contributed by atoms with Crippen LogP contribution in [0.25, 0.3) is 11.5 Å². The zero-order valence-electron chi connectivity index (χ0n) is 16.6. The lowest BCUT2D eigenvalue weighted by molar-refractivity contribution is -0.130. The molecule has 0 fully saturated rings. The number of benzene rings is 1. The predicted molar refractivity (Wildman–Crippen MR) is 119 cm³/mol. The van der Waals surface area contributed by atoms with Crippen molar-refractivity contribution in [2.75, 3.05) is 5.75 Å². The molecule has 0 N–H and O–H groups in total. The van der Waals surface area contributed by atoms with Crippen molar-refractivity contribution in [3.05, 3.63) is 76.4 Å². The topological polar surface area (TPSA) is 84.7 Å². The van der Waals surface area contributed by atoms with E-state index in [4.69, 9.17) is 8.83 Å².